The molecule has 0 saturated carbocycles. The molecule has 1 aromatic heterocycles. The third kappa shape index (κ3) is 3.67. The normalized spacial score (nSPS) is 15.2. The van der Waals surface area contributed by atoms with Crippen molar-refractivity contribution in [1.82, 2.24) is 14.4 Å². The zero-order valence-corrected chi connectivity index (χ0v) is 14.0. The first-order valence-electron chi connectivity index (χ1n) is 8.39. The van der Waals surface area contributed by atoms with Gasteiger partial charge in [-0.15, -0.1) is 0 Å². The Morgan fingerprint density at radius 2 is 1.62 bits per heavy atom. The highest BCUT2D eigenvalue weighted by molar-refractivity contribution is 5.93. The summed E-state index contributed by atoms with van der Waals surface area (Å²) in [5, 5.41) is 0. The lowest BCUT2D eigenvalue weighted by molar-refractivity contribution is -0.128. The molecule has 2 amide bonds. The van der Waals surface area contributed by atoms with Crippen LogP contribution in [0.4, 0.5) is 0 Å². The van der Waals surface area contributed by atoms with Crippen LogP contribution >= 0.6 is 0 Å². The maximum Gasteiger partial charge on any atom is 0.270 e. The van der Waals surface area contributed by atoms with Crippen LogP contribution in [0.25, 0.3) is 0 Å². The van der Waals surface area contributed by atoms with Gasteiger partial charge in [0.15, 0.2) is 0 Å². The molecule has 126 valence electrons. The van der Waals surface area contributed by atoms with E-state index in [9.17, 15) is 9.59 Å². The molecule has 1 saturated heterocycles. The van der Waals surface area contributed by atoms with E-state index in [2.05, 4.69) is 12.1 Å². The van der Waals surface area contributed by atoms with Gasteiger partial charge in [0.25, 0.3) is 5.91 Å². The van der Waals surface area contributed by atoms with Gasteiger partial charge in [0, 0.05) is 45.8 Å². The van der Waals surface area contributed by atoms with E-state index in [0.29, 0.717) is 31.9 Å². The maximum absolute atomic E-state index is 12.9. The van der Waals surface area contributed by atoms with Crippen molar-refractivity contribution in [2.45, 2.75) is 19.9 Å². The van der Waals surface area contributed by atoms with Crippen molar-refractivity contribution in [3.05, 3.63) is 59.9 Å². The van der Waals surface area contributed by atoms with Gasteiger partial charge in [0.05, 0.1) is 0 Å². The number of rotatable bonds is 3. The minimum absolute atomic E-state index is 0.0429. The summed E-state index contributed by atoms with van der Waals surface area (Å²) in [6, 6.07) is 13.9. The predicted octanol–water partition coefficient (Wildman–Crippen LogP) is 2.23. The quantitative estimate of drug-likeness (QED) is 0.869. The molecule has 0 radical (unpaired) electrons. The Hall–Kier alpha value is -2.56. The molecule has 1 fully saturated rings. The summed E-state index contributed by atoms with van der Waals surface area (Å²) < 4.78 is 1.99. The van der Waals surface area contributed by atoms with Gasteiger partial charge in [-0.1, -0.05) is 30.3 Å². The monoisotopic (exact) mass is 325 g/mol. The minimum Gasteiger partial charge on any atom is -0.341 e. The Balaban J connectivity index is 1.72. The minimum atomic E-state index is 0.0429. The Morgan fingerprint density at radius 1 is 0.917 bits per heavy atom. The van der Waals surface area contributed by atoms with Gasteiger partial charge in [-0.3, -0.25) is 9.59 Å². The second-order valence-electron chi connectivity index (χ2n) is 6.16. The smallest absolute Gasteiger partial charge is 0.270 e. The third-order valence-corrected chi connectivity index (χ3v) is 4.47. The Labute approximate surface area is 142 Å². The molecule has 0 unspecified atom stereocenters. The predicted molar refractivity (Wildman–Crippen MR) is 92.8 cm³/mol. The fourth-order valence-electron chi connectivity index (χ4n) is 3.12. The van der Waals surface area contributed by atoms with E-state index in [1.165, 1.54) is 5.56 Å². The van der Waals surface area contributed by atoms with Crippen LogP contribution < -0.4 is 0 Å². The molecule has 0 bridgehead atoms. The van der Waals surface area contributed by atoms with Crippen molar-refractivity contribution in [3.63, 3.8) is 0 Å². The summed E-state index contributed by atoms with van der Waals surface area (Å²) in [7, 11) is 0. The molecule has 1 aliphatic rings. The number of carbonyl (C=O) groups is 2. The number of benzene rings is 1. The van der Waals surface area contributed by atoms with Crippen LogP contribution in [-0.2, 0) is 11.3 Å². The largest absolute Gasteiger partial charge is 0.341 e. The zero-order valence-electron chi connectivity index (χ0n) is 14.0. The number of hydrogen-bond acceptors (Lipinski definition) is 2. The molecule has 1 aliphatic heterocycles. The van der Waals surface area contributed by atoms with Crippen molar-refractivity contribution in [3.8, 4) is 0 Å². The molecule has 2 aromatic rings. The average molecular weight is 325 g/mol. The van der Waals surface area contributed by atoms with Gasteiger partial charge in [0.2, 0.25) is 5.91 Å². The fraction of sp³-hybridized carbons (Fsp3) is 0.368. The van der Waals surface area contributed by atoms with E-state index in [1.54, 1.807) is 6.92 Å². The van der Waals surface area contributed by atoms with Gasteiger partial charge in [-0.2, -0.15) is 0 Å². The Morgan fingerprint density at radius 3 is 2.38 bits per heavy atom. The van der Waals surface area contributed by atoms with Crippen molar-refractivity contribution in [2.75, 3.05) is 26.2 Å². The second kappa shape index (κ2) is 7.34. The van der Waals surface area contributed by atoms with Gasteiger partial charge in [-0.05, 0) is 24.1 Å². The first-order chi connectivity index (χ1) is 11.6. The third-order valence-electron chi connectivity index (χ3n) is 4.47. The van der Waals surface area contributed by atoms with Gasteiger partial charge in [0.1, 0.15) is 5.69 Å². The number of carbonyl (C=O) groups excluding carboxylic acids is 2. The molecule has 5 heteroatoms. The van der Waals surface area contributed by atoms with Gasteiger partial charge in [-0.25, -0.2) is 0 Å². The van der Waals surface area contributed by atoms with Crippen molar-refractivity contribution in [2.24, 2.45) is 0 Å². The molecular weight excluding hydrogens is 302 g/mol. The molecule has 2 heterocycles. The second-order valence-corrected chi connectivity index (χ2v) is 6.16. The number of nitrogens with zero attached hydrogens (tertiary/aromatic N) is 3. The molecule has 3 rings (SSSR count). The van der Waals surface area contributed by atoms with E-state index in [-0.39, 0.29) is 11.8 Å². The zero-order chi connectivity index (χ0) is 16.9. The maximum atomic E-state index is 12.9. The standard InChI is InChI=1S/C19H23N3O2/c1-16(23)20-11-6-12-21(14-13-20)19(24)18-9-5-10-22(18)15-17-7-3-2-4-8-17/h2-5,7-10H,6,11-15H2,1H3. The number of hydrogen-bond donors (Lipinski definition) is 0. The summed E-state index contributed by atoms with van der Waals surface area (Å²) in [6.07, 6.45) is 2.77. The number of amides is 2. The average Bonchev–Trinajstić information content (AvgIpc) is 2.89. The van der Waals surface area contributed by atoms with Crippen molar-refractivity contribution in [1.29, 1.82) is 0 Å². The Kier molecular flexibility index (Phi) is 4.99. The highest BCUT2D eigenvalue weighted by Gasteiger charge is 2.23. The van der Waals surface area contributed by atoms with Crippen LogP contribution in [-0.4, -0.2) is 52.4 Å². The molecule has 0 N–H and O–H groups in total. The van der Waals surface area contributed by atoms with Crippen LogP contribution in [0.2, 0.25) is 0 Å². The summed E-state index contributed by atoms with van der Waals surface area (Å²) in [5.41, 5.74) is 1.87. The molecular formula is C19H23N3O2. The first kappa shape index (κ1) is 16.3. The fourth-order valence-corrected chi connectivity index (χ4v) is 3.12. The molecule has 5 nitrogen and oxygen atoms in total. The van der Waals surface area contributed by atoms with Gasteiger partial charge >= 0.3 is 0 Å². The summed E-state index contributed by atoms with van der Waals surface area (Å²) in [5.74, 6) is 0.123. The molecule has 0 atom stereocenters. The van der Waals surface area contributed by atoms with Crippen molar-refractivity contribution < 1.29 is 9.59 Å². The van der Waals surface area contributed by atoms with E-state index in [0.717, 1.165) is 13.0 Å². The van der Waals surface area contributed by atoms with E-state index >= 15 is 0 Å². The van der Waals surface area contributed by atoms with Crippen LogP contribution in [0, 0.1) is 0 Å². The van der Waals surface area contributed by atoms with E-state index in [1.807, 2.05) is 50.9 Å². The van der Waals surface area contributed by atoms with E-state index < -0.39 is 0 Å². The highest BCUT2D eigenvalue weighted by atomic mass is 16.2. The lowest BCUT2D eigenvalue weighted by Gasteiger charge is -2.22. The molecule has 24 heavy (non-hydrogen) atoms. The summed E-state index contributed by atoms with van der Waals surface area (Å²) in [4.78, 5) is 28.1. The highest BCUT2D eigenvalue weighted by Crippen LogP contribution is 2.13. The van der Waals surface area contributed by atoms with Crippen LogP contribution in [0.15, 0.2) is 48.7 Å². The summed E-state index contributed by atoms with van der Waals surface area (Å²) in [6.45, 7) is 4.89. The topological polar surface area (TPSA) is 45.6 Å². The van der Waals surface area contributed by atoms with E-state index in [4.69, 9.17) is 0 Å². The molecule has 1 aromatic carbocycles. The SMILES string of the molecule is CC(=O)N1CCCN(C(=O)c2cccn2Cc2ccccc2)CC1. The number of aromatic nitrogens is 1. The lowest BCUT2D eigenvalue weighted by Crippen LogP contribution is -2.37. The Bertz CT molecular complexity index is 708. The van der Waals surface area contributed by atoms with Crippen molar-refractivity contribution >= 4 is 11.8 Å². The van der Waals surface area contributed by atoms with Crippen LogP contribution in [0.1, 0.15) is 29.4 Å². The van der Waals surface area contributed by atoms with Crippen LogP contribution in [0.5, 0.6) is 0 Å². The molecule has 0 spiro atoms. The lowest BCUT2D eigenvalue weighted by atomic mass is 10.2. The van der Waals surface area contributed by atoms with Gasteiger partial charge < -0.3 is 14.4 Å². The van der Waals surface area contributed by atoms with Crippen LogP contribution in [0.3, 0.4) is 0 Å². The molecule has 0 aliphatic carbocycles. The first-order valence-corrected chi connectivity index (χ1v) is 8.39. The summed E-state index contributed by atoms with van der Waals surface area (Å²) >= 11 is 0.